The molecule has 0 aliphatic carbocycles. The first-order valence-electron chi connectivity index (χ1n) is 7.44. The third kappa shape index (κ3) is 3.53. The average Bonchev–Trinajstić information content (AvgIpc) is 2.62. The van der Waals surface area contributed by atoms with E-state index in [2.05, 4.69) is 26.1 Å². The minimum absolute atomic E-state index is 0.0447. The molecule has 0 unspecified atom stereocenters. The summed E-state index contributed by atoms with van der Waals surface area (Å²) < 4.78 is 0.919. The highest BCUT2D eigenvalue weighted by Gasteiger charge is 2.26. The molecular formula is C16H15BrN4O3. The van der Waals surface area contributed by atoms with E-state index < -0.39 is 0 Å². The molecule has 1 fully saturated rings. The summed E-state index contributed by atoms with van der Waals surface area (Å²) in [6.45, 7) is 1.79. The van der Waals surface area contributed by atoms with Crippen LogP contribution in [0.2, 0.25) is 0 Å². The van der Waals surface area contributed by atoms with Crippen molar-refractivity contribution in [2.45, 2.75) is 0 Å². The van der Waals surface area contributed by atoms with Gasteiger partial charge in [0.25, 0.3) is 17.4 Å². The van der Waals surface area contributed by atoms with Crippen molar-refractivity contribution in [2.75, 3.05) is 26.2 Å². The Labute approximate surface area is 146 Å². The normalized spacial score (nSPS) is 14.5. The third-order valence-electron chi connectivity index (χ3n) is 3.84. The Bertz CT molecular complexity index is 790. The van der Waals surface area contributed by atoms with Gasteiger partial charge in [-0.15, -0.1) is 0 Å². The van der Waals surface area contributed by atoms with Gasteiger partial charge in [0.05, 0.1) is 0 Å². The molecule has 124 valence electrons. The van der Waals surface area contributed by atoms with Crippen molar-refractivity contribution in [1.82, 2.24) is 20.0 Å². The minimum Gasteiger partial charge on any atom is -0.335 e. The van der Waals surface area contributed by atoms with E-state index >= 15 is 0 Å². The maximum absolute atomic E-state index is 12.5. The van der Waals surface area contributed by atoms with E-state index in [0.29, 0.717) is 31.7 Å². The molecule has 1 saturated heterocycles. The van der Waals surface area contributed by atoms with Gasteiger partial charge in [-0.05, 0) is 30.3 Å². The lowest BCUT2D eigenvalue weighted by Crippen LogP contribution is -2.50. The zero-order valence-electron chi connectivity index (χ0n) is 12.7. The molecule has 1 aliphatic heterocycles. The van der Waals surface area contributed by atoms with Crippen molar-refractivity contribution in [3.8, 4) is 0 Å². The summed E-state index contributed by atoms with van der Waals surface area (Å²) in [5.74, 6) is -0.293. The van der Waals surface area contributed by atoms with Crippen molar-refractivity contribution >= 4 is 27.7 Å². The Hall–Kier alpha value is -2.48. The van der Waals surface area contributed by atoms with Crippen LogP contribution in [0.3, 0.4) is 0 Å². The molecule has 1 N–H and O–H groups in total. The van der Waals surface area contributed by atoms with Gasteiger partial charge in [0.15, 0.2) is 0 Å². The smallest absolute Gasteiger partial charge is 0.274 e. The number of hydrogen-bond donors (Lipinski definition) is 1. The number of piperazine rings is 1. The number of aromatic amines is 1. The van der Waals surface area contributed by atoms with Crippen LogP contribution in [0.4, 0.5) is 0 Å². The van der Waals surface area contributed by atoms with Crippen LogP contribution in [0.15, 0.2) is 45.7 Å². The van der Waals surface area contributed by atoms with Crippen LogP contribution in [-0.4, -0.2) is 58.0 Å². The molecule has 1 aromatic heterocycles. The van der Waals surface area contributed by atoms with Gasteiger partial charge in [-0.3, -0.25) is 14.4 Å². The Morgan fingerprint density at radius 2 is 1.50 bits per heavy atom. The quantitative estimate of drug-likeness (QED) is 0.832. The molecule has 1 aliphatic rings. The molecular weight excluding hydrogens is 376 g/mol. The number of H-pyrrole nitrogens is 1. The number of hydrogen-bond acceptors (Lipinski definition) is 4. The van der Waals surface area contributed by atoms with Crippen molar-refractivity contribution in [3.05, 3.63) is 62.5 Å². The molecule has 1 aromatic carbocycles. The van der Waals surface area contributed by atoms with Crippen LogP contribution >= 0.6 is 15.9 Å². The van der Waals surface area contributed by atoms with Crippen LogP contribution in [0.1, 0.15) is 20.8 Å². The Balaban J connectivity index is 1.62. The van der Waals surface area contributed by atoms with Crippen molar-refractivity contribution < 1.29 is 9.59 Å². The van der Waals surface area contributed by atoms with E-state index in [1.807, 2.05) is 12.1 Å². The van der Waals surface area contributed by atoms with E-state index in [9.17, 15) is 14.4 Å². The second kappa shape index (κ2) is 6.96. The van der Waals surface area contributed by atoms with Gasteiger partial charge in [0.1, 0.15) is 5.69 Å². The van der Waals surface area contributed by atoms with E-state index in [-0.39, 0.29) is 23.1 Å². The van der Waals surface area contributed by atoms with Crippen LogP contribution in [-0.2, 0) is 0 Å². The number of rotatable bonds is 2. The number of benzene rings is 1. The molecule has 7 nitrogen and oxygen atoms in total. The van der Waals surface area contributed by atoms with Gasteiger partial charge in [-0.2, -0.15) is 5.10 Å². The largest absolute Gasteiger partial charge is 0.335 e. The van der Waals surface area contributed by atoms with Gasteiger partial charge >= 0.3 is 0 Å². The third-order valence-corrected chi connectivity index (χ3v) is 4.37. The summed E-state index contributed by atoms with van der Waals surface area (Å²) in [5, 5.41) is 6.00. The monoisotopic (exact) mass is 390 g/mol. The molecule has 0 atom stereocenters. The molecule has 2 amide bonds. The van der Waals surface area contributed by atoms with Gasteiger partial charge in [0.2, 0.25) is 0 Å². The molecule has 2 heterocycles. The summed E-state index contributed by atoms with van der Waals surface area (Å²) in [4.78, 5) is 39.1. The summed E-state index contributed by atoms with van der Waals surface area (Å²) >= 11 is 3.34. The fraction of sp³-hybridized carbons (Fsp3) is 0.250. The molecule has 0 bridgehead atoms. The van der Waals surface area contributed by atoms with Crippen molar-refractivity contribution in [1.29, 1.82) is 0 Å². The van der Waals surface area contributed by atoms with E-state index in [4.69, 9.17) is 0 Å². The number of aromatic nitrogens is 2. The van der Waals surface area contributed by atoms with Crippen molar-refractivity contribution in [3.63, 3.8) is 0 Å². The standard InChI is InChI=1S/C16H15BrN4O3/c17-12-3-1-11(2-4-12)15(23)20-7-9-21(10-8-20)16(24)13-5-6-14(22)19-18-13/h1-6H,7-10H2,(H,19,22). The fourth-order valence-electron chi connectivity index (χ4n) is 2.51. The van der Waals surface area contributed by atoms with Gasteiger partial charge < -0.3 is 9.80 Å². The summed E-state index contributed by atoms with van der Waals surface area (Å²) in [5.41, 5.74) is 0.471. The maximum atomic E-state index is 12.5. The second-order valence-corrected chi connectivity index (χ2v) is 6.31. The maximum Gasteiger partial charge on any atom is 0.274 e. The van der Waals surface area contributed by atoms with Crippen LogP contribution in [0.5, 0.6) is 0 Å². The number of nitrogens with zero attached hydrogens (tertiary/aromatic N) is 3. The topological polar surface area (TPSA) is 86.4 Å². The Morgan fingerprint density at radius 3 is 2.04 bits per heavy atom. The molecule has 2 aromatic rings. The SMILES string of the molecule is O=C(c1ccc(Br)cc1)N1CCN(C(=O)c2ccc(=O)[nH]n2)CC1. The number of carbonyl (C=O) groups excluding carboxylic acids is 2. The number of nitrogens with one attached hydrogen (secondary N) is 1. The highest BCUT2D eigenvalue weighted by molar-refractivity contribution is 9.10. The first-order chi connectivity index (χ1) is 11.5. The summed E-state index contributed by atoms with van der Waals surface area (Å²) in [7, 11) is 0. The van der Waals surface area contributed by atoms with Crippen LogP contribution < -0.4 is 5.56 Å². The number of amides is 2. The van der Waals surface area contributed by atoms with Gasteiger partial charge in [0, 0.05) is 42.3 Å². The summed E-state index contributed by atoms with van der Waals surface area (Å²) in [6, 6.07) is 9.88. The number of carbonyl (C=O) groups is 2. The fourth-order valence-corrected chi connectivity index (χ4v) is 2.78. The zero-order valence-corrected chi connectivity index (χ0v) is 14.3. The van der Waals surface area contributed by atoms with Crippen LogP contribution in [0.25, 0.3) is 0 Å². The second-order valence-electron chi connectivity index (χ2n) is 5.40. The summed E-state index contributed by atoms with van der Waals surface area (Å²) in [6.07, 6.45) is 0. The average molecular weight is 391 g/mol. The van der Waals surface area contributed by atoms with E-state index in [1.165, 1.54) is 12.1 Å². The Morgan fingerprint density at radius 1 is 0.917 bits per heavy atom. The molecule has 0 spiro atoms. The first kappa shape index (κ1) is 16.4. The lowest BCUT2D eigenvalue weighted by Gasteiger charge is -2.34. The first-order valence-corrected chi connectivity index (χ1v) is 8.24. The molecule has 3 rings (SSSR count). The molecule has 24 heavy (non-hydrogen) atoms. The highest BCUT2D eigenvalue weighted by Crippen LogP contribution is 2.14. The predicted molar refractivity (Wildman–Crippen MR) is 90.8 cm³/mol. The Kier molecular flexibility index (Phi) is 4.75. The lowest BCUT2D eigenvalue weighted by atomic mass is 10.2. The zero-order chi connectivity index (χ0) is 17.1. The highest BCUT2D eigenvalue weighted by atomic mass is 79.9. The van der Waals surface area contributed by atoms with Gasteiger partial charge in [-0.1, -0.05) is 15.9 Å². The van der Waals surface area contributed by atoms with E-state index in [1.54, 1.807) is 21.9 Å². The lowest BCUT2D eigenvalue weighted by molar-refractivity contribution is 0.0531. The van der Waals surface area contributed by atoms with Crippen molar-refractivity contribution in [2.24, 2.45) is 0 Å². The molecule has 8 heteroatoms. The number of halogens is 1. The van der Waals surface area contributed by atoms with Gasteiger partial charge in [-0.25, -0.2) is 5.10 Å². The minimum atomic E-state index is -0.350. The van der Waals surface area contributed by atoms with Crippen LogP contribution in [0, 0.1) is 0 Å². The predicted octanol–water partition coefficient (Wildman–Crippen LogP) is 1.13. The van der Waals surface area contributed by atoms with E-state index in [0.717, 1.165) is 4.47 Å². The molecule has 0 radical (unpaired) electrons. The molecule has 0 saturated carbocycles.